The molecular weight excluding hydrogens is 412 g/mol. The van der Waals surface area contributed by atoms with E-state index in [-0.39, 0.29) is 10.8 Å². The second-order valence-electron chi connectivity index (χ2n) is 7.01. The molecule has 31 heavy (non-hydrogen) atoms. The van der Waals surface area contributed by atoms with Gasteiger partial charge in [0.05, 0.1) is 17.7 Å². The first-order valence-corrected chi connectivity index (χ1v) is 11.1. The molecule has 6 nitrogen and oxygen atoms in total. The Morgan fingerprint density at radius 3 is 2.35 bits per heavy atom. The van der Waals surface area contributed by atoms with Crippen LogP contribution in [0.15, 0.2) is 77.7 Å². The summed E-state index contributed by atoms with van der Waals surface area (Å²) in [6, 6.07) is 18.8. The Bertz CT molecular complexity index is 1220. The van der Waals surface area contributed by atoms with E-state index in [1.165, 1.54) is 18.2 Å². The molecule has 7 heteroatoms. The van der Waals surface area contributed by atoms with Crippen LogP contribution < -0.4 is 14.8 Å². The van der Waals surface area contributed by atoms with Crippen LogP contribution in [0.25, 0.3) is 6.08 Å². The quantitative estimate of drug-likeness (QED) is 0.523. The van der Waals surface area contributed by atoms with Crippen molar-refractivity contribution in [2.45, 2.75) is 18.7 Å². The van der Waals surface area contributed by atoms with Gasteiger partial charge in [0.2, 0.25) is 5.91 Å². The fourth-order valence-electron chi connectivity index (χ4n) is 3.00. The van der Waals surface area contributed by atoms with Crippen LogP contribution in [0, 0.1) is 13.8 Å². The summed E-state index contributed by atoms with van der Waals surface area (Å²) >= 11 is 0. The summed E-state index contributed by atoms with van der Waals surface area (Å²) in [6.45, 7) is 3.80. The van der Waals surface area contributed by atoms with E-state index in [1.807, 2.05) is 50.2 Å². The summed E-state index contributed by atoms with van der Waals surface area (Å²) in [5.74, 6) is 0.326. The number of benzene rings is 3. The first kappa shape index (κ1) is 22.1. The summed E-state index contributed by atoms with van der Waals surface area (Å²) in [7, 11) is -2.17. The van der Waals surface area contributed by atoms with E-state index in [9.17, 15) is 13.2 Å². The molecule has 1 amide bonds. The summed E-state index contributed by atoms with van der Waals surface area (Å²) in [4.78, 5) is 12.3. The zero-order valence-electron chi connectivity index (χ0n) is 17.5. The van der Waals surface area contributed by atoms with E-state index in [2.05, 4.69) is 10.0 Å². The molecule has 0 atom stereocenters. The van der Waals surface area contributed by atoms with Gasteiger partial charge in [-0.3, -0.25) is 9.52 Å². The van der Waals surface area contributed by atoms with Gasteiger partial charge in [0, 0.05) is 17.3 Å². The molecule has 0 fully saturated rings. The highest BCUT2D eigenvalue weighted by molar-refractivity contribution is 7.92. The molecule has 3 aromatic carbocycles. The summed E-state index contributed by atoms with van der Waals surface area (Å²) in [6.07, 6.45) is 3.05. The lowest BCUT2D eigenvalue weighted by Crippen LogP contribution is -2.14. The van der Waals surface area contributed by atoms with E-state index in [4.69, 9.17) is 4.74 Å². The number of methoxy groups -OCH3 is 1. The number of hydrogen-bond acceptors (Lipinski definition) is 4. The Morgan fingerprint density at radius 1 is 0.968 bits per heavy atom. The molecule has 0 bridgehead atoms. The SMILES string of the molecule is COc1ccccc1/C=C/C(=O)Nc1ccc(S(=O)(=O)Nc2ccc(C)cc2C)cc1. The normalized spacial score (nSPS) is 11.3. The van der Waals surface area contributed by atoms with Crippen LogP contribution in [0.4, 0.5) is 11.4 Å². The molecule has 3 rings (SSSR count). The van der Waals surface area contributed by atoms with Crippen LogP contribution in [0.2, 0.25) is 0 Å². The molecule has 2 N–H and O–H groups in total. The minimum Gasteiger partial charge on any atom is -0.496 e. The number of amides is 1. The van der Waals surface area contributed by atoms with Gasteiger partial charge in [0.25, 0.3) is 10.0 Å². The number of rotatable bonds is 7. The number of anilines is 2. The Balaban J connectivity index is 1.68. The average molecular weight is 437 g/mol. The molecule has 3 aromatic rings. The monoisotopic (exact) mass is 436 g/mol. The molecule has 0 saturated heterocycles. The maximum Gasteiger partial charge on any atom is 0.261 e. The maximum absolute atomic E-state index is 12.7. The number of carbonyl (C=O) groups is 1. The molecule has 0 radical (unpaired) electrons. The van der Waals surface area contributed by atoms with Crippen molar-refractivity contribution in [3.63, 3.8) is 0 Å². The minimum absolute atomic E-state index is 0.107. The Morgan fingerprint density at radius 2 is 1.68 bits per heavy atom. The van der Waals surface area contributed by atoms with Crippen LogP contribution in [-0.2, 0) is 14.8 Å². The zero-order chi connectivity index (χ0) is 22.4. The summed E-state index contributed by atoms with van der Waals surface area (Å²) < 4.78 is 33.2. The van der Waals surface area contributed by atoms with E-state index < -0.39 is 10.0 Å². The van der Waals surface area contributed by atoms with Gasteiger partial charge in [0.15, 0.2) is 0 Å². The molecule has 0 unspecified atom stereocenters. The third kappa shape index (κ3) is 5.73. The van der Waals surface area contributed by atoms with E-state index in [0.717, 1.165) is 16.7 Å². The second-order valence-corrected chi connectivity index (χ2v) is 8.70. The van der Waals surface area contributed by atoms with Gasteiger partial charge < -0.3 is 10.1 Å². The van der Waals surface area contributed by atoms with Crippen molar-refractivity contribution < 1.29 is 17.9 Å². The fraction of sp³-hybridized carbons (Fsp3) is 0.125. The van der Waals surface area contributed by atoms with Crippen LogP contribution in [0.1, 0.15) is 16.7 Å². The number of ether oxygens (including phenoxy) is 1. The second kappa shape index (κ2) is 9.49. The van der Waals surface area contributed by atoms with Crippen LogP contribution in [0.5, 0.6) is 5.75 Å². The lowest BCUT2D eigenvalue weighted by atomic mass is 10.1. The smallest absolute Gasteiger partial charge is 0.261 e. The molecule has 160 valence electrons. The fourth-order valence-corrected chi connectivity index (χ4v) is 4.13. The number of hydrogen-bond donors (Lipinski definition) is 2. The topological polar surface area (TPSA) is 84.5 Å². The van der Waals surface area contributed by atoms with Gasteiger partial charge in [0.1, 0.15) is 5.75 Å². The number of sulfonamides is 1. The Hall–Kier alpha value is -3.58. The molecule has 0 heterocycles. The van der Waals surface area contributed by atoms with Crippen LogP contribution in [0.3, 0.4) is 0 Å². The molecule has 0 spiro atoms. The van der Waals surface area contributed by atoms with Gasteiger partial charge in [-0.25, -0.2) is 8.42 Å². The number of nitrogens with one attached hydrogen (secondary N) is 2. The number of para-hydroxylation sites is 1. The lowest BCUT2D eigenvalue weighted by molar-refractivity contribution is -0.111. The zero-order valence-corrected chi connectivity index (χ0v) is 18.4. The summed E-state index contributed by atoms with van der Waals surface area (Å²) in [5.41, 5.74) is 3.69. The van der Waals surface area contributed by atoms with Crippen LogP contribution in [-0.4, -0.2) is 21.4 Å². The van der Waals surface area contributed by atoms with Crippen LogP contribution >= 0.6 is 0 Å². The molecule has 0 aliphatic rings. The maximum atomic E-state index is 12.7. The lowest BCUT2D eigenvalue weighted by Gasteiger charge is -2.11. The van der Waals surface area contributed by atoms with E-state index in [0.29, 0.717) is 17.1 Å². The molecular formula is C24H24N2O4S. The highest BCUT2D eigenvalue weighted by Crippen LogP contribution is 2.22. The first-order valence-electron chi connectivity index (χ1n) is 9.61. The summed E-state index contributed by atoms with van der Waals surface area (Å²) in [5, 5.41) is 2.71. The number of carbonyl (C=O) groups excluding carboxylic acids is 1. The van der Waals surface area contributed by atoms with Gasteiger partial charge in [-0.1, -0.05) is 35.9 Å². The molecule has 0 aliphatic carbocycles. The van der Waals surface area contributed by atoms with Crippen molar-refractivity contribution in [3.05, 3.63) is 89.5 Å². The van der Waals surface area contributed by atoms with Gasteiger partial charge in [-0.05, 0) is 61.9 Å². The minimum atomic E-state index is -3.74. The van der Waals surface area contributed by atoms with Gasteiger partial charge in [-0.2, -0.15) is 0 Å². The van der Waals surface area contributed by atoms with Crippen molar-refractivity contribution in [2.24, 2.45) is 0 Å². The van der Waals surface area contributed by atoms with Crippen molar-refractivity contribution in [1.82, 2.24) is 0 Å². The highest BCUT2D eigenvalue weighted by atomic mass is 32.2. The third-order valence-electron chi connectivity index (χ3n) is 4.61. The average Bonchev–Trinajstić information content (AvgIpc) is 2.75. The van der Waals surface area contributed by atoms with E-state index >= 15 is 0 Å². The number of aryl methyl sites for hydroxylation is 2. The molecule has 0 aromatic heterocycles. The standard InChI is InChI=1S/C24H24N2O4S/c1-17-8-14-22(18(2)16-17)26-31(28,29)21-12-10-20(11-13-21)25-24(27)15-9-19-6-4-5-7-23(19)30-3/h4-16,26H,1-3H3,(H,25,27)/b15-9+. The molecule has 0 aliphatic heterocycles. The van der Waals surface area contributed by atoms with E-state index in [1.54, 1.807) is 31.4 Å². The Labute approximate surface area is 182 Å². The highest BCUT2D eigenvalue weighted by Gasteiger charge is 2.15. The van der Waals surface area contributed by atoms with Crippen molar-refractivity contribution in [3.8, 4) is 5.75 Å². The van der Waals surface area contributed by atoms with Crippen molar-refractivity contribution in [2.75, 3.05) is 17.1 Å². The predicted octanol–water partition coefficient (Wildman–Crippen LogP) is 4.76. The Kier molecular flexibility index (Phi) is 6.77. The molecule has 0 saturated carbocycles. The van der Waals surface area contributed by atoms with Crippen molar-refractivity contribution in [1.29, 1.82) is 0 Å². The first-order chi connectivity index (χ1) is 14.8. The van der Waals surface area contributed by atoms with Crippen molar-refractivity contribution >= 4 is 33.4 Å². The predicted molar refractivity (Wildman–Crippen MR) is 124 cm³/mol. The third-order valence-corrected chi connectivity index (χ3v) is 5.99. The van der Waals surface area contributed by atoms with Gasteiger partial charge >= 0.3 is 0 Å². The van der Waals surface area contributed by atoms with Gasteiger partial charge in [-0.15, -0.1) is 0 Å². The largest absolute Gasteiger partial charge is 0.496 e.